The fourth-order valence-electron chi connectivity index (χ4n) is 5.04. The number of rotatable bonds is 3. The molecule has 1 aromatic rings. The first kappa shape index (κ1) is 18.9. The number of hydrogen-bond acceptors (Lipinski definition) is 4. The lowest BCUT2D eigenvalue weighted by molar-refractivity contribution is -0.138. The Morgan fingerprint density at radius 2 is 1.89 bits per heavy atom. The van der Waals surface area contributed by atoms with Crippen molar-refractivity contribution >= 4 is 17.8 Å². The summed E-state index contributed by atoms with van der Waals surface area (Å²) < 4.78 is 0. The molecule has 3 saturated heterocycles. The predicted octanol–water partition coefficient (Wildman–Crippen LogP) is 1.39. The summed E-state index contributed by atoms with van der Waals surface area (Å²) >= 11 is 0. The largest absolute Gasteiger partial charge is 0.340 e. The molecule has 3 heterocycles. The fourth-order valence-corrected chi connectivity index (χ4v) is 5.04. The van der Waals surface area contributed by atoms with Crippen molar-refractivity contribution in [2.24, 2.45) is 11.8 Å². The predicted molar refractivity (Wildman–Crippen MR) is 104 cm³/mol. The second-order valence-corrected chi connectivity index (χ2v) is 8.91. The summed E-state index contributed by atoms with van der Waals surface area (Å²) in [4.78, 5) is 42.6. The minimum Gasteiger partial charge on any atom is -0.340 e. The zero-order valence-electron chi connectivity index (χ0n) is 16.9. The molecule has 1 N–H and O–H groups in total. The molecule has 3 aliphatic heterocycles. The van der Waals surface area contributed by atoms with Crippen molar-refractivity contribution < 1.29 is 14.4 Å². The molecule has 0 radical (unpaired) electrons. The minimum absolute atomic E-state index is 0.151. The number of carbonyl (C=O) groups is 3. The maximum Gasteiger partial charge on any atom is 0.325 e. The van der Waals surface area contributed by atoms with E-state index in [1.807, 2.05) is 4.90 Å². The quantitative estimate of drug-likeness (QED) is 0.800. The Hall–Kier alpha value is -2.41. The molecule has 4 rings (SSSR count). The van der Waals surface area contributed by atoms with Crippen LogP contribution in [0.2, 0.25) is 0 Å². The number of benzene rings is 1. The van der Waals surface area contributed by atoms with Gasteiger partial charge in [-0.1, -0.05) is 24.3 Å². The zero-order valence-corrected chi connectivity index (χ0v) is 16.9. The first-order valence-corrected chi connectivity index (χ1v) is 9.86. The zero-order chi connectivity index (χ0) is 20.2. The smallest absolute Gasteiger partial charge is 0.325 e. The highest BCUT2D eigenvalue weighted by Crippen LogP contribution is 2.44. The van der Waals surface area contributed by atoms with Gasteiger partial charge in [-0.05, 0) is 44.9 Å². The summed E-state index contributed by atoms with van der Waals surface area (Å²) in [5.74, 6) is 0.289. The third-order valence-electron chi connectivity index (χ3n) is 6.49. The fraction of sp³-hybridized carbons (Fsp3) is 0.571. The van der Waals surface area contributed by atoms with E-state index < -0.39 is 11.6 Å². The first-order chi connectivity index (χ1) is 13.2. The van der Waals surface area contributed by atoms with Gasteiger partial charge >= 0.3 is 6.03 Å². The van der Waals surface area contributed by atoms with Crippen molar-refractivity contribution in [3.05, 3.63) is 35.4 Å². The van der Waals surface area contributed by atoms with E-state index in [0.29, 0.717) is 31.0 Å². The van der Waals surface area contributed by atoms with E-state index in [1.165, 1.54) is 11.1 Å². The molecular weight excluding hydrogens is 356 g/mol. The summed E-state index contributed by atoms with van der Waals surface area (Å²) in [5, 5.41) is 2.63. The van der Waals surface area contributed by atoms with E-state index in [1.54, 1.807) is 13.8 Å². The van der Waals surface area contributed by atoms with Gasteiger partial charge in [0.2, 0.25) is 5.91 Å². The van der Waals surface area contributed by atoms with Crippen LogP contribution in [-0.4, -0.2) is 71.3 Å². The lowest BCUT2D eigenvalue weighted by Gasteiger charge is -2.28. The molecule has 7 nitrogen and oxygen atoms in total. The Bertz CT molecular complexity index is 837. The molecular formula is C21H28N4O3. The van der Waals surface area contributed by atoms with E-state index >= 15 is 0 Å². The third-order valence-corrected chi connectivity index (χ3v) is 6.49. The Morgan fingerprint density at radius 1 is 1.18 bits per heavy atom. The second kappa shape index (κ2) is 6.58. The highest BCUT2D eigenvalue weighted by atomic mass is 16.2. The first-order valence-electron chi connectivity index (χ1n) is 9.86. The van der Waals surface area contributed by atoms with Crippen LogP contribution in [0, 0.1) is 18.8 Å². The van der Waals surface area contributed by atoms with E-state index in [0.717, 1.165) is 11.4 Å². The van der Waals surface area contributed by atoms with Gasteiger partial charge in [0.25, 0.3) is 5.91 Å². The molecule has 3 atom stereocenters. The summed E-state index contributed by atoms with van der Waals surface area (Å²) in [5.41, 5.74) is 1.64. The number of likely N-dealkylation sites (tertiary alicyclic amines) is 2. The normalized spacial score (nSPS) is 29.4. The van der Waals surface area contributed by atoms with E-state index in [-0.39, 0.29) is 18.4 Å². The summed E-state index contributed by atoms with van der Waals surface area (Å²) in [6.45, 7) is 7.56. The molecule has 7 heteroatoms. The van der Waals surface area contributed by atoms with Crippen molar-refractivity contribution in [1.29, 1.82) is 0 Å². The number of amides is 4. The molecule has 0 aromatic heterocycles. The lowest BCUT2D eigenvalue weighted by Crippen LogP contribution is -2.44. The molecule has 0 aliphatic carbocycles. The van der Waals surface area contributed by atoms with Gasteiger partial charge in [0.1, 0.15) is 12.1 Å². The molecule has 0 spiro atoms. The molecule has 150 valence electrons. The van der Waals surface area contributed by atoms with Crippen molar-refractivity contribution in [3.8, 4) is 0 Å². The van der Waals surface area contributed by atoms with Gasteiger partial charge in [-0.25, -0.2) is 4.79 Å². The van der Waals surface area contributed by atoms with Crippen molar-refractivity contribution in [2.75, 3.05) is 33.2 Å². The maximum absolute atomic E-state index is 12.9. The van der Waals surface area contributed by atoms with Crippen LogP contribution in [0.4, 0.5) is 4.79 Å². The standard InChI is InChI=1S/C21H28N4O3/c1-13-7-5-6-8-15(13)18-16-11-24(10-14(16)9-23(18)4)17(26)12-25-19(27)21(2,3)22-20(25)28/h5-8,14,16,18H,9-12H2,1-4H3,(H,22,28)/t14-,16+,18-/m0/s1. The summed E-state index contributed by atoms with van der Waals surface area (Å²) in [7, 11) is 2.15. The Balaban J connectivity index is 1.47. The molecule has 4 amide bonds. The van der Waals surface area contributed by atoms with E-state index in [2.05, 4.69) is 48.5 Å². The van der Waals surface area contributed by atoms with Gasteiger partial charge in [0.15, 0.2) is 0 Å². The SMILES string of the molecule is Cc1ccccc1[C@H]1[C@@H]2CN(C(=O)CN3C(=O)NC(C)(C)C3=O)C[C@@H]2CN1C. The highest BCUT2D eigenvalue weighted by molar-refractivity contribution is 6.08. The maximum atomic E-state index is 12.9. The second-order valence-electron chi connectivity index (χ2n) is 8.91. The van der Waals surface area contributed by atoms with Gasteiger partial charge in [-0.15, -0.1) is 0 Å². The number of nitrogens with zero attached hydrogens (tertiary/aromatic N) is 3. The highest BCUT2D eigenvalue weighted by Gasteiger charge is 2.49. The monoisotopic (exact) mass is 384 g/mol. The van der Waals surface area contributed by atoms with E-state index in [4.69, 9.17) is 0 Å². The van der Waals surface area contributed by atoms with Crippen LogP contribution in [0.5, 0.6) is 0 Å². The molecule has 3 fully saturated rings. The van der Waals surface area contributed by atoms with Gasteiger partial charge in [0, 0.05) is 31.6 Å². The number of hydrogen-bond donors (Lipinski definition) is 1. The van der Waals surface area contributed by atoms with Gasteiger partial charge in [-0.3, -0.25) is 19.4 Å². The average Bonchev–Trinajstić information content (AvgIpc) is 3.21. The summed E-state index contributed by atoms with van der Waals surface area (Å²) in [6.07, 6.45) is 0. The number of imide groups is 1. The number of nitrogens with one attached hydrogen (secondary N) is 1. The number of fused-ring (bicyclic) bond motifs is 1. The Kier molecular flexibility index (Phi) is 4.45. The van der Waals surface area contributed by atoms with E-state index in [9.17, 15) is 14.4 Å². The van der Waals surface area contributed by atoms with Crippen LogP contribution in [0.1, 0.15) is 31.0 Å². The van der Waals surface area contributed by atoms with Crippen LogP contribution in [0.15, 0.2) is 24.3 Å². The van der Waals surface area contributed by atoms with Gasteiger partial charge in [-0.2, -0.15) is 0 Å². The third kappa shape index (κ3) is 2.98. The minimum atomic E-state index is -0.947. The van der Waals surface area contributed by atoms with Gasteiger partial charge in [0.05, 0.1) is 0 Å². The molecule has 28 heavy (non-hydrogen) atoms. The lowest BCUT2D eigenvalue weighted by atomic mass is 9.88. The van der Waals surface area contributed by atoms with Crippen LogP contribution >= 0.6 is 0 Å². The van der Waals surface area contributed by atoms with Crippen molar-refractivity contribution in [2.45, 2.75) is 32.4 Å². The topological polar surface area (TPSA) is 73.0 Å². The molecule has 0 bridgehead atoms. The average molecular weight is 384 g/mol. The van der Waals surface area contributed by atoms with Crippen molar-refractivity contribution in [3.63, 3.8) is 0 Å². The Morgan fingerprint density at radius 3 is 2.54 bits per heavy atom. The van der Waals surface area contributed by atoms with Crippen LogP contribution in [0.25, 0.3) is 0 Å². The number of aryl methyl sites for hydroxylation is 1. The molecule has 1 aromatic carbocycles. The molecule has 0 saturated carbocycles. The molecule has 0 unspecified atom stereocenters. The summed E-state index contributed by atoms with van der Waals surface area (Å²) in [6, 6.07) is 8.24. The number of carbonyl (C=O) groups excluding carboxylic acids is 3. The molecule has 3 aliphatic rings. The van der Waals surface area contributed by atoms with Crippen LogP contribution in [0.3, 0.4) is 0 Å². The van der Waals surface area contributed by atoms with Crippen LogP contribution < -0.4 is 5.32 Å². The number of urea groups is 1. The van der Waals surface area contributed by atoms with Crippen molar-refractivity contribution in [1.82, 2.24) is 20.0 Å². The van der Waals surface area contributed by atoms with Crippen LogP contribution in [-0.2, 0) is 9.59 Å². The Labute approximate surface area is 165 Å². The van der Waals surface area contributed by atoms with Gasteiger partial charge < -0.3 is 10.2 Å².